The summed E-state index contributed by atoms with van der Waals surface area (Å²) in [5.41, 5.74) is 2.01. The number of piperidine rings is 4. The summed E-state index contributed by atoms with van der Waals surface area (Å²) in [4.78, 5) is 45.9. The lowest BCUT2D eigenvalue weighted by Gasteiger charge is -2.46. The molecule has 4 aliphatic rings. The molecule has 11 heteroatoms. The molecular formula is C44H54N4O7. The van der Waals surface area contributed by atoms with E-state index in [0.717, 1.165) is 75.2 Å². The number of pyridine rings is 1. The van der Waals surface area contributed by atoms with Gasteiger partial charge in [-0.25, -0.2) is 0 Å². The zero-order chi connectivity index (χ0) is 38.2. The Morgan fingerprint density at radius 1 is 0.909 bits per heavy atom. The van der Waals surface area contributed by atoms with Gasteiger partial charge in [0.2, 0.25) is 11.5 Å². The van der Waals surface area contributed by atoms with Crippen molar-refractivity contribution in [3.63, 3.8) is 0 Å². The van der Waals surface area contributed by atoms with Crippen molar-refractivity contribution in [2.75, 3.05) is 52.4 Å². The minimum absolute atomic E-state index is 0.0254. The normalized spacial score (nSPS) is 21.0. The lowest BCUT2D eigenvalue weighted by Crippen LogP contribution is -2.55. The van der Waals surface area contributed by atoms with Gasteiger partial charge in [-0.1, -0.05) is 48.5 Å². The maximum atomic E-state index is 13.9. The molecule has 0 saturated carbocycles. The minimum atomic E-state index is -0.778. The number of carbonyl (C=O) groups is 2. The van der Waals surface area contributed by atoms with Crippen LogP contribution in [0, 0.1) is 5.92 Å². The Labute approximate surface area is 322 Å². The van der Waals surface area contributed by atoms with E-state index in [0.29, 0.717) is 74.3 Å². The number of ether oxygens (including phenoxy) is 2. The van der Waals surface area contributed by atoms with Gasteiger partial charge in [0.25, 0.3) is 0 Å². The lowest BCUT2D eigenvalue weighted by molar-refractivity contribution is -0.168. The fourth-order valence-corrected chi connectivity index (χ4v) is 8.58. The summed E-state index contributed by atoms with van der Waals surface area (Å²) in [6.07, 6.45) is 6.37. The number of likely N-dealkylation sites (tertiary alicyclic amines) is 1. The molecule has 2 atom stereocenters. The summed E-state index contributed by atoms with van der Waals surface area (Å²) in [5, 5.41) is 24.7. The van der Waals surface area contributed by atoms with Crippen LogP contribution in [0.5, 0.6) is 11.5 Å². The number of hydrogen-bond acceptors (Lipinski definition) is 9. The molecule has 1 unspecified atom stereocenters. The van der Waals surface area contributed by atoms with Crippen LogP contribution in [-0.2, 0) is 26.2 Å². The van der Waals surface area contributed by atoms with E-state index in [2.05, 4.69) is 15.2 Å². The molecule has 4 saturated heterocycles. The highest BCUT2D eigenvalue weighted by atomic mass is 16.5. The second kappa shape index (κ2) is 17.8. The summed E-state index contributed by atoms with van der Waals surface area (Å²) < 4.78 is 12.3. The molecule has 0 aliphatic carbocycles. The standard InChI is InChI=1S/C44H54N4O7/c49-37-16-14-35(36-15-17-40(51)46-42(36)37)38(50)29-45-23-5-2-6-28-54-34-12-9-31(10-13-34)11-18-41(52)48-26-21-44(22-27-48,33-7-3-1-4-8-33)43(53)55-39-30-47-24-19-32(39)20-25-47/h1,3-4,7-10,12-17,32,38-39,45,49-50H,2,5-6,11,18-30H2,(H,46,51)/t38?,39-/m0/s1. The number of unbranched alkanes of at least 4 members (excludes halogenated alkanes) is 2. The van der Waals surface area contributed by atoms with Gasteiger partial charge in [0, 0.05) is 44.1 Å². The number of carbonyl (C=O) groups excluding carboxylic acids is 2. The van der Waals surface area contributed by atoms with Crippen LogP contribution in [-0.4, -0.2) is 95.4 Å². The summed E-state index contributed by atoms with van der Waals surface area (Å²) in [6, 6.07) is 24.1. The average Bonchev–Trinajstić information content (AvgIpc) is 3.22. The summed E-state index contributed by atoms with van der Waals surface area (Å²) >= 11 is 0. The highest BCUT2D eigenvalue weighted by molar-refractivity contribution is 5.87. The topological polar surface area (TPSA) is 144 Å². The first-order valence-electron chi connectivity index (χ1n) is 20.0. The number of esters is 1. The smallest absolute Gasteiger partial charge is 0.317 e. The number of aromatic amines is 1. The quantitative estimate of drug-likeness (QED) is 0.0894. The number of aromatic nitrogens is 1. The van der Waals surface area contributed by atoms with E-state index in [1.165, 1.54) is 12.1 Å². The Kier molecular flexibility index (Phi) is 12.5. The van der Waals surface area contributed by atoms with Crippen LogP contribution in [0.15, 0.2) is 83.7 Å². The van der Waals surface area contributed by atoms with Crippen molar-refractivity contribution in [2.45, 2.75) is 75.4 Å². The maximum absolute atomic E-state index is 13.9. The van der Waals surface area contributed by atoms with Gasteiger partial charge in [-0.2, -0.15) is 0 Å². The number of rotatable bonds is 16. The first-order chi connectivity index (χ1) is 26.8. The molecular weight excluding hydrogens is 697 g/mol. The molecule has 4 N–H and O–H groups in total. The molecule has 0 radical (unpaired) electrons. The molecule has 8 rings (SSSR count). The highest BCUT2D eigenvalue weighted by Gasteiger charge is 2.47. The molecule has 0 spiro atoms. The Morgan fingerprint density at radius 3 is 2.40 bits per heavy atom. The van der Waals surface area contributed by atoms with Gasteiger partial charge in [0.05, 0.1) is 23.6 Å². The zero-order valence-electron chi connectivity index (χ0n) is 31.6. The van der Waals surface area contributed by atoms with E-state index in [1.807, 2.05) is 59.5 Å². The van der Waals surface area contributed by atoms with Crippen LogP contribution < -0.4 is 15.6 Å². The van der Waals surface area contributed by atoms with E-state index in [-0.39, 0.29) is 29.3 Å². The van der Waals surface area contributed by atoms with Gasteiger partial charge < -0.3 is 34.9 Å². The average molecular weight is 751 g/mol. The molecule has 4 fully saturated rings. The van der Waals surface area contributed by atoms with Crippen LogP contribution in [0.1, 0.15) is 74.2 Å². The van der Waals surface area contributed by atoms with Crippen molar-refractivity contribution in [2.24, 2.45) is 5.92 Å². The number of aliphatic hydroxyl groups is 1. The van der Waals surface area contributed by atoms with Gasteiger partial charge in [-0.3, -0.25) is 19.3 Å². The number of nitrogens with one attached hydrogen (secondary N) is 2. The predicted molar refractivity (Wildman–Crippen MR) is 211 cm³/mol. The van der Waals surface area contributed by atoms with E-state index in [1.54, 1.807) is 12.1 Å². The third kappa shape index (κ3) is 9.23. The number of aliphatic hydroxyl groups excluding tert-OH is 1. The predicted octanol–water partition coefficient (Wildman–Crippen LogP) is 5.24. The van der Waals surface area contributed by atoms with E-state index in [4.69, 9.17) is 9.47 Å². The Bertz CT molecular complexity index is 1950. The number of amides is 1. The number of aromatic hydroxyl groups is 1. The second-order valence-corrected chi connectivity index (χ2v) is 15.5. The molecule has 5 heterocycles. The minimum Gasteiger partial charge on any atom is -0.506 e. The number of hydrogen-bond donors (Lipinski definition) is 4. The van der Waals surface area contributed by atoms with Crippen molar-refractivity contribution < 1.29 is 29.3 Å². The van der Waals surface area contributed by atoms with Crippen molar-refractivity contribution >= 4 is 22.8 Å². The molecule has 1 amide bonds. The number of phenols is 1. The number of benzene rings is 3. The Morgan fingerprint density at radius 2 is 1.67 bits per heavy atom. The second-order valence-electron chi connectivity index (χ2n) is 15.5. The number of H-pyrrole nitrogens is 1. The van der Waals surface area contributed by atoms with Crippen LogP contribution in [0.4, 0.5) is 0 Å². The molecule has 11 nitrogen and oxygen atoms in total. The monoisotopic (exact) mass is 750 g/mol. The number of phenolic OH excluding ortho intramolecular Hbond substituents is 1. The summed E-state index contributed by atoms with van der Waals surface area (Å²) in [5.74, 6) is 1.22. The summed E-state index contributed by atoms with van der Waals surface area (Å²) in [6.45, 7) is 5.81. The number of aryl methyl sites for hydroxylation is 1. The molecule has 4 aromatic rings. The van der Waals surface area contributed by atoms with Crippen molar-refractivity contribution in [1.29, 1.82) is 0 Å². The molecule has 292 valence electrons. The third-order valence-corrected chi connectivity index (χ3v) is 12.0. The first kappa shape index (κ1) is 38.6. The van der Waals surface area contributed by atoms with Gasteiger partial charge in [0.1, 0.15) is 17.6 Å². The largest absolute Gasteiger partial charge is 0.506 e. The molecule has 55 heavy (non-hydrogen) atoms. The molecule has 1 aromatic heterocycles. The van der Waals surface area contributed by atoms with Crippen molar-refractivity contribution in [3.8, 4) is 11.5 Å². The maximum Gasteiger partial charge on any atom is 0.317 e. The fraction of sp³-hybridized carbons (Fsp3) is 0.477. The van der Waals surface area contributed by atoms with Crippen molar-refractivity contribution in [1.82, 2.24) is 20.1 Å². The number of nitrogens with zero attached hydrogens (tertiary/aromatic N) is 2. The van der Waals surface area contributed by atoms with E-state index >= 15 is 0 Å². The SMILES string of the molecule is O=C(CCc1ccc(OCCCCCNCC(O)c2ccc(O)c3[nH]c(=O)ccc23)cc1)N1CCC(C(=O)O[C@H]2CN3CCC2CC3)(c2ccccc2)CC1. The van der Waals surface area contributed by atoms with Crippen molar-refractivity contribution in [3.05, 3.63) is 106 Å². The first-order valence-corrected chi connectivity index (χ1v) is 20.0. The molecule has 2 bridgehead atoms. The van der Waals surface area contributed by atoms with Gasteiger partial charge in [-0.05, 0) is 118 Å². The molecule has 3 aromatic carbocycles. The van der Waals surface area contributed by atoms with Crippen LogP contribution >= 0.6 is 0 Å². The van der Waals surface area contributed by atoms with Crippen LogP contribution in [0.2, 0.25) is 0 Å². The summed E-state index contributed by atoms with van der Waals surface area (Å²) in [7, 11) is 0. The fourth-order valence-electron chi connectivity index (χ4n) is 8.58. The van der Waals surface area contributed by atoms with Gasteiger partial charge in [-0.15, -0.1) is 0 Å². The number of fused-ring (bicyclic) bond motifs is 4. The lowest BCUT2D eigenvalue weighted by atomic mass is 9.72. The Hall–Kier alpha value is -4.71. The highest BCUT2D eigenvalue weighted by Crippen LogP contribution is 2.39. The van der Waals surface area contributed by atoms with E-state index in [9.17, 15) is 24.6 Å². The Balaban J connectivity index is 0.793. The molecule has 4 aliphatic heterocycles. The van der Waals surface area contributed by atoms with E-state index < -0.39 is 11.5 Å². The van der Waals surface area contributed by atoms with Crippen LogP contribution in [0.3, 0.4) is 0 Å². The zero-order valence-corrected chi connectivity index (χ0v) is 31.6. The third-order valence-electron chi connectivity index (χ3n) is 12.0. The van der Waals surface area contributed by atoms with Crippen LogP contribution in [0.25, 0.3) is 10.9 Å². The van der Waals surface area contributed by atoms with Gasteiger partial charge in [0.15, 0.2) is 0 Å². The van der Waals surface area contributed by atoms with Gasteiger partial charge >= 0.3 is 5.97 Å².